The summed E-state index contributed by atoms with van der Waals surface area (Å²) in [5, 5.41) is 4.30. The van der Waals surface area contributed by atoms with Gasteiger partial charge in [-0.1, -0.05) is 24.3 Å². The number of methoxy groups -OCH3 is 1. The first kappa shape index (κ1) is 19.0. The summed E-state index contributed by atoms with van der Waals surface area (Å²) >= 11 is 0. The minimum atomic E-state index is 0.587. The number of benzene rings is 2. The number of aromatic nitrogens is 3. The van der Waals surface area contributed by atoms with Crippen molar-refractivity contribution in [2.24, 2.45) is 0 Å². The van der Waals surface area contributed by atoms with E-state index < -0.39 is 0 Å². The third kappa shape index (κ3) is 4.22. The molecule has 29 heavy (non-hydrogen) atoms. The van der Waals surface area contributed by atoms with E-state index in [1.165, 1.54) is 5.56 Å². The van der Waals surface area contributed by atoms with Crippen molar-refractivity contribution in [1.82, 2.24) is 19.7 Å². The van der Waals surface area contributed by atoms with Crippen molar-refractivity contribution >= 4 is 0 Å². The molecule has 4 rings (SSSR count). The summed E-state index contributed by atoms with van der Waals surface area (Å²) in [5.41, 5.74) is 4.05. The number of rotatable bonds is 7. The van der Waals surface area contributed by atoms with E-state index in [9.17, 15) is 0 Å². The van der Waals surface area contributed by atoms with E-state index >= 15 is 0 Å². The Labute approximate surface area is 170 Å². The summed E-state index contributed by atoms with van der Waals surface area (Å²) < 4.78 is 13.2. The molecule has 0 bridgehead atoms. The Kier molecular flexibility index (Phi) is 5.44. The molecule has 0 aliphatic heterocycles. The quantitative estimate of drug-likeness (QED) is 0.467. The maximum Gasteiger partial charge on any atom is 0.230 e. The van der Waals surface area contributed by atoms with E-state index in [0.717, 1.165) is 35.0 Å². The molecule has 2 heterocycles. The molecule has 2 aromatic carbocycles. The van der Waals surface area contributed by atoms with Crippen LogP contribution < -0.4 is 4.74 Å². The minimum Gasteiger partial charge on any atom is -0.496 e. The van der Waals surface area contributed by atoms with Crippen molar-refractivity contribution in [3.05, 3.63) is 84.0 Å². The summed E-state index contributed by atoms with van der Waals surface area (Å²) in [6.07, 6.45) is 3.73. The Balaban J connectivity index is 1.49. The summed E-state index contributed by atoms with van der Waals surface area (Å²) in [6, 6.07) is 18.1. The molecule has 0 unspecified atom stereocenters. The second-order valence-electron chi connectivity index (χ2n) is 7.02. The number of aryl methyl sites for hydroxylation is 1. The van der Waals surface area contributed by atoms with Crippen LogP contribution in [0.5, 0.6) is 5.75 Å². The third-order valence-electron chi connectivity index (χ3n) is 4.78. The number of nitrogens with zero attached hydrogens (tertiary/aromatic N) is 4. The molecular weight excluding hydrogens is 364 g/mol. The predicted octanol–water partition coefficient (Wildman–Crippen LogP) is 4.48. The van der Waals surface area contributed by atoms with Gasteiger partial charge in [0.25, 0.3) is 0 Å². The fourth-order valence-corrected chi connectivity index (χ4v) is 3.35. The molecule has 6 nitrogen and oxygen atoms in total. The fraction of sp³-hybridized carbons (Fsp3) is 0.217. The lowest BCUT2D eigenvalue weighted by atomic mass is 10.2. The second kappa shape index (κ2) is 8.32. The van der Waals surface area contributed by atoms with Crippen LogP contribution in [0.15, 0.2) is 71.4 Å². The van der Waals surface area contributed by atoms with Gasteiger partial charge in [0.2, 0.25) is 5.89 Å². The maximum atomic E-state index is 5.93. The first-order valence-corrected chi connectivity index (χ1v) is 9.51. The average Bonchev–Trinajstić information content (AvgIpc) is 3.39. The molecule has 148 valence electrons. The zero-order valence-corrected chi connectivity index (χ0v) is 16.9. The maximum absolute atomic E-state index is 5.93. The first-order valence-electron chi connectivity index (χ1n) is 9.51. The summed E-state index contributed by atoms with van der Waals surface area (Å²) in [4.78, 5) is 6.95. The zero-order chi connectivity index (χ0) is 20.2. The summed E-state index contributed by atoms with van der Waals surface area (Å²) in [7, 11) is 3.73. The number of hydrogen-bond acceptors (Lipinski definition) is 5. The van der Waals surface area contributed by atoms with Gasteiger partial charge in [-0.05, 0) is 49.9 Å². The smallest absolute Gasteiger partial charge is 0.230 e. The van der Waals surface area contributed by atoms with Crippen molar-refractivity contribution in [3.8, 4) is 22.9 Å². The van der Waals surface area contributed by atoms with E-state index in [2.05, 4.69) is 41.3 Å². The molecule has 4 aromatic rings. The standard InChI is InChI=1S/C23H24N4O2/c1-17-21(25-23(29-17)20-10-4-5-11-22(20)28-3)16-26(2)15-18-8-6-9-19(14-18)27-13-7-12-24-27/h4-14H,15-16H2,1-3H3. The monoisotopic (exact) mass is 388 g/mol. The number of hydrogen-bond donors (Lipinski definition) is 0. The van der Waals surface area contributed by atoms with Crippen LogP contribution in [0, 0.1) is 6.92 Å². The predicted molar refractivity (Wildman–Crippen MR) is 112 cm³/mol. The van der Waals surface area contributed by atoms with Gasteiger partial charge >= 0.3 is 0 Å². The molecule has 0 N–H and O–H groups in total. The molecule has 0 aliphatic rings. The Morgan fingerprint density at radius 3 is 2.72 bits per heavy atom. The second-order valence-corrected chi connectivity index (χ2v) is 7.02. The molecule has 0 saturated carbocycles. The van der Waals surface area contributed by atoms with Gasteiger partial charge in [-0.3, -0.25) is 4.90 Å². The van der Waals surface area contributed by atoms with Gasteiger partial charge in [-0.15, -0.1) is 0 Å². The van der Waals surface area contributed by atoms with Gasteiger partial charge in [-0.25, -0.2) is 9.67 Å². The van der Waals surface area contributed by atoms with Crippen molar-refractivity contribution in [1.29, 1.82) is 0 Å². The van der Waals surface area contributed by atoms with E-state index in [4.69, 9.17) is 14.1 Å². The highest BCUT2D eigenvalue weighted by molar-refractivity contribution is 5.63. The van der Waals surface area contributed by atoms with Crippen LogP contribution in [0.4, 0.5) is 0 Å². The van der Waals surface area contributed by atoms with Crippen LogP contribution in [-0.2, 0) is 13.1 Å². The molecule has 0 fully saturated rings. The van der Waals surface area contributed by atoms with Crippen LogP contribution in [-0.4, -0.2) is 33.8 Å². The lowest BCUT2D eigenvalue weighted by Gasteiger charge is -2.16. The van der Waals surface area contributed by atoms with Gasteiger partial charge in [0.15, 0.2) is 0 Å². The summed E-state index contributed by atoms with van der Waals surface area (Å²) in [5.74, 6) is 2.16. The van der Waals surface area contributed by atoms with Crippen molar-refractivity contribution in [2.75, 3.05) is 14.2 Å². The van der Waals surface area contributed by atoms with Crippen LogP contribution in [0.3, 0.4) is 0 Å². The van der Waals surface area contributed by atoms with E-state index in [1.54, 1.807) is 13.3 Å². The Bertz CT molecular complexity index is 1090. The molecule has 0 saturated heterocycles. The van der Waals surface area contributed by atoms with Crippen molar-refractivity contribution in [2.45, 2.75) is 20.0 Å². The molecule has 0 aliphatic carbocycles. The lowest BCUT2D eigenvalue weighted by Crippen LogP contribution is -2.18. The lowest BCUT2D eigenvalue weighted by molar-refractivity contribution is 0.313. The first-order chi connectivity index (χ1) is 14.1. The van der Waals surface area contributed by atoms with Crippen molar-refractivity contribution in [3.63, 3.8) is 0 Å². The SMILES string of the molecule is COc1ccccc1-c1nc(CN(C)Cc2cccc(-n3cccn3)c2)c(C)o1. The molecular formula is C23H24N4O2. The van der Waals surface area contributed by atoms with Gasteiger partial charge in [-0.2, -0.15) is 5.10 Å². The van der Waals surface area contributed by atoms with E-state index in [0.29, 0.717) is 12.4 Å². The largest absolute Gasteiger partial charge is 0.496 e. The Hall–Kier alpha value is -3.38. The van der Waals surface area contributed by atoms with Gasteiger partial charge < -0.3 is 9.15 Å². The minimum absolute atomic E-state index is 0.587. The number of oxazole rings is 1. The number of ether oxygens (including phenoxy) is 1. The molecule has 0 atom stereocenters. The van der Waals surface area contributed by atoms with Gasteiger partial charge in [0.05, 0.1) is 24.1 Å². The van der Waals surface area contributed by atoms with Gasteiger partial charge in [0, 0.05) is 25.5 Å². The Morgan fingerprint density at radius 1 is 1.07 bits per heavy atom. The molecule has 6 heteroatoms. The Morgan fingerprint density at radius 2 is 1.93 bits per heavy atom. The third-order valence-corrected chi connectivity index (χ3v) is 4.78. The highest BCUT2D eigenvalue weighted by Crippen LogP contribution is 2.30. The highest BCUT2D eigenvalue weighted by Gasteiger charge is 2.16. The normalized spacial score (nSPS) is 11.2. The average molecular weight is 388 g/mol. The molecule has 2 aromatic heterocycles. The molecule has 0 radical (unpaired) electrons. The van der Waals surface area contributed by atoms with Crippen LogP contribution in [0.1, 0.15) is 17.0 Å². The highest BCUT2D eigenvalue weighted by atomic mass is 16.5. The fourth-order valence-electron chi connectivity index (χ4n) is 3.35. The van der Waals surface area contributed by atoms with Crippen molar-refractivity contribution < 1.29 is 9.15 Å². The molecule has 0 amide bonds. The zero-order valence-electron chi connectivity index (χ0n) is 16.9. The van der Waals surface area contributed by atoms with E-state index in [1.807, 2.05) is 48.1 Å². The van der Waals surface area contributed by atoms with Crippen LogP contribution >= 0.6 is 0 Å². The van der Waals surface area contributed by atoms with Gasteiger partial charge in [0.1, 0.15) is 11.5 Å². The van der Waals surface area contributed by atoms with Crippen LogP contribution in [0.25, 0.3) is 17.1 Å². The molecule has 0 spiro atoms. The van der Waals surface area contributed by atoms with Crippen LogP contribution in [0.2, 0.25) is 0 Å². The number of para-hydroxylation sites is 1. The van der Waals surface area contributed by atoms with E-state index in [-0.39, 0.29) is 0 Å². The summed E-state index contributed by atoms with van der Waals surface area (Å²) in [6.45, 7) is 3.44. The topological polar surface area (TPSA) is 56.3 Å².